The predicted molar refractivity (Wildman–Crippen MR) is 59.6 cm³/mol. The van der Waals surface area contributed by atoms with E-state index in [0.29, 0.717) is 17.9 Å². The van der Waals surface area contributed by atoms with E-state index in [4.69, 9.17) is 9.47 Å². The third-order valence-electron chi connectivity index (χ3n) is 2.12. The van der Waals surface area contributed by atoms with Gasteiger partial charge in [0.15, 0.2) is 0 Å². The van der Waals surface area contributed by atoms with Crippen molar-refractivity contribution in [2.45, 2.75) is 20.0 Å². The fourth-order valence-electron chi connectivity index (χ4n) is 1.38. The first-order valence-electron chi connectivity index (χ1n) is 5.08. The van der Waals surface area contributed by atoms with Crippen molar-refractivity contribution < 1.29 is 14.4 Å². The number of benzene rings is 1. The summed E-state index contributed by atoms with van der Waals surface area (Å²) in [6.07, 6.45) is 0.878. The van der Waals surface area contributed by atoms with E-state index in [0.717, 1.165) is 6.42 Å². The minimum atomic E-state index is -0.423. The first-order chi connectivity index (χ1) is 7.70. The largest absolute Gasteiger partial charge is 0.496 e. The second-order valence-electron chi connectivity index (χ2n) is 3.27. The Morgan fingerprint density at radius 1 is 1.44 bits per heavy atom. The number of methoxy groups -OCH3 is 1. The molecule has 0 atom stereocenters. The first kappa shape index (κ1) is 12.4. The molecule has 0 spiro atoms. The Hall–Kier alpha value is -1.62. The number of nitro benzene ring substituents is 1. The fourth-order valence-corrected chi connectivity index (χ4v) is 1.38. The van der Waals surface area contributed by atoms with Crippen molar-refractivity contribution in [3.05, 3.63) is 33.9 Å². The van der Waals surface area contributed by atoms with Crippen molar-refractivity contribution in [2.24, 2.45) is 0 Å². The zero-order valence-corrected chi connectivity index (χ0v) is 9.43. The Morgan fingerprint density at radius 2 is 2.19 bits per heavy atom. The second-order valence-corrected chi connectivity index (χ2v) is 3.27. The van der Waals surface area contributed by atoms with Crippen LogP contribution >= 0.6 is 0 Å². The molecular weight excluding hydrogens is 210 g/mol. The molecule has 0 aliphatic rings. The molecule has 0 unspecified atom stereocenters. The van der Waals surface area contributed by atoms with Crippen molar-refractivity contribution in [1.29, 1.82) is 0 Å². The lowest BCUT2D eigenvalue weighted by Gasteiger charge is -2.08. The van der Waals surface area contributed by atoms with Crippen LogP contribution in [0.5, 0.6) is 5.75 Å². The number of hydrogen-bond acceptors (Lipinski definition) is 4. The molecule has 1 aromatic carbocycles. The highest BCUT2D eigenvalue weighted by atomic mass is 16.6. The molecule has 0 aromatic heterocycles. The Morgan fingerprint density at radius 3 is 2.75 bits per heavy atom. The molecule has 0 fully saturated rings. The zero-order valence-electron chi connectivity index (χ0n) is 9.43. The van der Waals surface area contributed by atoms with Crippen LogP contribution in [0, 0.1) is 10.1 Å². The van der Waals surface area contributed by atoms with Gasteiger partial charge in [0.05, 0.1) is 24.2 Å². The summed E-state index contributed by atoms with van der Waals surface area (Å²) in [7, 11) is 1.49. The third-order valence-corrected chi connectivity index (χ3v) is 2.12. The van der Waals surface area contributed by atoms with E-state index in [9.17, 15) is 10.1 Å². The van der Waals surface area contributed by atoms with E-state index in [2.05, 4.69) is 0 Å². The van der Waals surface area contributed by atoms with E-state index in [1.54, 1.807) is 12.1 Å². The van der Waals surface area contributed by atoms with Gasteiger partial charge in [0.25, 0.3) is 5.69 Å². The summed E-state index contributed by atoms with van der Waals surface area (Å²) < 4.78 is 10.4. The lowest BCUT2D eigenvalue weighted by Crippen LogP contribution is -2.02. The van der Waals surface area contributed by atoms with E-state index in [1.807, 2.05) is 6.92 Å². The molecule has 0 aliphatic heterocycles. The van der Waals surface area contributed by atoms with Crippen molar-refractivity contribution in [2.75, 3.05) is 13.7 Å². The van der Waals surface area contributed by atoms with Crippen LogP contribution in [0.4, 0.5) is 5.69 Å². The Bertz CT molecular complexity index is 365. The summed E-state index contributed by atoms with van der Waals surface area (Å²) in [4.78, 5) is 10.4. The Labute approximate surface area is 94.1 Å². The van der Waals surface area contributed by atoms with Gasteiger partial charge < -0.3 is 9.47 Å². The molecule has 88 valence electrons. The molecule has 0 saturated heterocycles. The van der Waals surface area contributed by atoms with Crippen LogP contribution in [0.1, 0.15) is 18.9 Å². The summed E-state index contributed by atoms with van der Waals surface area (Å²) in [6.45, 7) is 2.76. The van der Waals surface area contributed by atoms with Crippen LogP contribution in [0.2, 0.25) is 0 Å². The fraction of sp³-hybridized carbons (Fsp3) is 0.455. The third kappa shape index (κ3) is 2.93. The minimum Gasteiger partial charge on any atom is -0.496 e. The van der Waals surface area contributed by atoms with Crippen LogP contribution in [0.3, 0.4) is 0 Å². The molecular formula is C11H15NO4. The van der Waals surface area contributed by atoms with Gasteiger partial charge in [0.1, 0.15) is 5.75 Å². The quantitative estimate of drug-likeness (QED) is 0.424. The highest BCUT2D eigenvalue weighted by Crippen LogP contribution is 2.28. The van der Waals surface area contributed by atoms with Crippen LogP contribution in [0.15, 0.2) is 18.2 Å². The van der Waals surface area contributed by atoms with Gasteiger partial charge >= 0.3 is 0 Å². The number of ether oxygens (including phenoxy) is 2. The maximum absolute atomic E-state index is 10.8. The van der Waals surface area contributed by atoms with Crippen LogP contribution in [0.25, 0.3) is 0 Å². The van der Waals surface area contributed by atoms with Crippen LogP contribution in [-0.2, 0) is 11.3 Å². The van der Waals surface area contributed by atoms with Gasteiger partial charge in [-0.25, -0.2) is 0 Å². The standard InChI is InChI=1S/C11H15NO4/c1-3-7-16-8-9-10(12(13)14)5-4-6-11(9)15-2/h4-6H,3,7-8H2,1-2H3. The van der Waals surface area contributed by atoms with Gasteiger partial charge in [-0.2, -0.15) is 0 Å². The molecule has 5 nitrogen and oxygen atoms in total. The van der Waals surface area contributed by atoms with Gasteiger partial charge in [-0.3, -0.25) is 10.1 Å². The highest BCUT2D eigenvalue weighted by Gasteiger charge is 2.17. The van der Waals surface area contributed by atoms with Crippen LogP contribution in [-0.4, -0.2) is 18.6 Å². The SMILES string of the molecule is CCCOCc1c(OC)cccc1[N+](=O)[O-]. The monoisotopic (exact) mass is 225 g/mol. The molecule has 0 amide bonds. The minimum absolute atomic E-state index is 0.0375. The molecule has 1 rings (SSSR count). The van der Waals surface area contributed by atoms with E-state index >= 15 is 0 Å². The van der Waals surface area contributed by atoms with Crippen molar-refractivity contribution >= 4 is 5.69 Å². The Kier molecular flexibility index (Phi) is 4.72. The smallest absolute Gasteiger partial charge is 0.278 e. The Balaban J connectivity index is 2.95. The van der Waals surface area contributed by atoms with Gasteiger partial charge in [0.2, 0.25) is 0 Å². The molecule has 1 aromatic rings. The molecule has 0 aliphatic carbocycles. The number of hydrogen-bond donors (Lipinski definition) is 0. The van der Waals surface area contributed by atoms with Gasteiger partial charge in [0, 0.05) is 12.7 Å². The summed E-state index contributed by atoms with van der Waals surface area (Å²) in [6, 6.07) is 4.74. The second kappa shape index (κ2) is 6.07. The molecule has 0 radical (unpaired) electrons. The summed E-state index contributed by atoms with van der Waals surface area (Å²) >= 11 is 0. The van der Waals surface area contributed by atoms with Crippen molar-refractivity contribution in [3.8, 4) is 5.75 Å². The number of rotatable bonds is 6. The summed E-state index contributed by atoms with van der Waals surface area (Å²) in [5.74, 6) is 0.491. The maximum atomic E-state index is 10.8. The molecule has 0 heterocycles. The first-order valence-corrected chi connectivity index (χ1v) is 5.08. The highest BCUT2D eigenvalue weighted by molar-refractivity contribution is 5.49. The normalized spacial score (nSPS) is 10.1. The molecule has 0 bridgehead atoms. The average molecular weight is 225 g/mol. The number of nitrogens with zero attached hydrogens (tertiary/aromatic N) is 1. The summed E-state index contributed by atoms with van der Waals surface area (Å²) in [5.41, 5.74) is 0.527. The van der Waals surface area contributed by atoms with Crippen molar-refractivity contribution in [3.63, 3.8) is 0 Å². The molecule has 0 saturated carbocycles. The lowest BCUT2D eigenvalue weighted by molar-refractivity contribution is -0.386. The lowest BCUT2D eigenvalue weighted by atomic mass is 10.1. The molecule has 0 N–H and O–H groups in total. The van der Waals surface area contributed by atoms with Gasteiger partial charge in [-0.1, -0.05) is 13.0 Å². The average Bonchev–Trinajstić information content (AvgIpc) is 2.29. The van der Waals surface area contributed by atoms with E-state index < -0.39 is 4.92 Å². The van der Waals surface area contributed by atoms with Gasteiger partial charge in [-0.15, -0.1) is 0 Å². The van der Waals surface area contributed by atoms with Crippen molar-refractivity contribution in [1.82, 2.24) is 0 Å². The number of nitro groups is 1. The van der Waals surface area contributed by atoms with E-state index in [1.165, 1.54) is 13.2 Å². The predicted octanol–water partition coefficient (Wildman–Crippen LogP) is 2.53. The molecule has 16 heavy (non-hydrogen) atoms. The van der Waals surface area contributed by atoms with Gasteiger partial charge in [-0.05, 0) is 12.5 Å². The zero-order chi connectivity index (χ0) is 12.0. The van der Waals surface area contributed by atoms with Crippen LogP contribution < -0.4 is 4.74 Å². The summed E-state index contributed by atoms with van der Waals surface area (Å²) in [5, 5.41) is 10.8. The van der Waals surface area contributed by atoms with E-state index in [-0.39, 0.29) is 12.3 Å². The molecule has 5 heteroatoms. The topological polar surface area (TPSA) is 61.6 Å². The maximum Gasteiger partial charge on any atom is 0.278 e.